The molecule has 4 aliphatic carbocycles. The van der Waals surface area contributed by atoms with Crippen molar-refractivity contribution in [2.24, 2.45) is 52.3 Å². The summed E-state index contributed by atoms with van der Waals surface area (Å²) in [4.78, 5) is 27.1. The molecule has 0 bridgehead atoms. The van der Waals surface area contributed by atoms with Crippen molar-refractivity contribution in [3.05, 3.63) is 47.0 Å². The van der Waals surface area contributed by atoms with Crippen molar-refractivity contribution >= 4 is 11.8 Å². The molecule has 3 fully saturated rings. The Morgan fingerprint density at radius 2 is 1.68 bits per heavy atom. The first-order chi connectivity index (χ1) is 21.0. The molecule has 1 unspecified atom stereocenters. The van der Waals surface area contributed by atoms with Gasteiger partial charge in [-0.15, -0.1) is 0 Å². The van der Waals surface area contributed by atoms with Gasteiger partial charge >= 0.3 is 5.97 Å². The fourth-order valence-electron chi connectivity index (χ4n) is 10.7. The van der Waals surface area contributed by atoms with Crippen molar-refractivity contribution in [3.8, 4) is 0 Å². The summed E-state index contributed by atoms with van der Waals surface area (Å²) in [7, 11) is 0. The third-order valence-electron chi connectivity index (χ3n) is 13.7. The van der Waals surface area contributed by atoms with E-state index in [2.05, 4.69) is 60.6 Å². The lowest BCUT2D eigenvalue weighted by Gasteiger charge is -2.57. The highest BCUT2D eigenvalue weighted by Crippen LogP contribution is 2.66. The molecule has 3 saturated carbocycles. The Kier molecular flexibility index (Phi) is 10.5. The van der Waals surface area contributed by atoms with E-state index in [1.807, 2.05) is 18.2 Å². The van der Waals surface area contributed by atoms with E-state index in [1.54, 1.807) is 0 Å². The highest BCUT2D eigenvalue weighted by atomic mass is 16.5. The van der Waals surface area contributed by atoms with Gasteiger partial charge in [0.2, 0.25) is 0 Å². The monoisotopic (exact) mass is 602 g/mol. The summed E-state index contributed by atoms with van der Waals surface area (Å²) in [6, 6.07) is 7.99. The van der Waals surface area contributed by atoms with Crippen molar-refractivity contribution < 1.29 is 14.3 Å². The predicted octanol–water partition coefficient (Wildman–Crippen LogP) is 10.8. The van der Waals surface area contributed by atoms with Gasteiger partial charge in [0.15, 0.2) is 5.78 Å². The van der Waals surface area contributed by atoms with Crippen LogP contribution in [0.4, 0.5) is 0 Å². The van der Waals surface area contributed by atoms with Crippen LogP contribution in [0.15, 0.2) is 35.9 Å². The van der Waals surface area contributed by atoms with Crippen LogP contribution < -0.4 is 0 Å². The maximum Gasteiger partial charge on any atom is 0.338 e. The first kappa shape index (κ1) is 33.5. The molecule has 3 heteroatoms. The number of ether oxygens (including phenoxy) is 1. The predicted molar refractivity (Wildman–Crippen MR) is 181 cm³/mol. The average molecular weight is 603 g/mol. The third-order valence-corrected chi connectivity index (χ3v) is 13.7. The Morgan fingerprint density at radius 3 is 2.36 bits per heavy atom. The van der Waals surface area contributed by atoms with Crippen molar-refractivity contribution in [1.82, 2.24) is 0 Å². The first-order valence-electron chi connectivity index (χ1n) is 18.6. The summed E-state index contributed by atoms with van der Waals surface area (Å²) >= 11 is 0. The minimum atomic E-state index is -0.225. The summed E-state index contributed by atoms with van der Waals surface area (Å²) < 4.78 is 6.08. The second-order valence-corrected chi connectivity index (χ2v) is 16.3. The van der Waals surface area contributed by atoms with Crippen molar-refractivity contribution in [1.29, 1.82) is 0 Å². The summed E-state index contributed by atoms with van der Waals surface area (Å²) in [5.74, 6) is 4.35. The van der Waals surface area contributed by atoms with Crippen LogP contribution in [0.2, 0.25) is 0 Å². The van der Waals surface area contributed by atoms with Gasteiger partial charge in [-0.1, -0.05) is 91.9 Å². The molecule has 0 spiro atoms. The fourth-order valence-corrected chi connectivity index (χ4v) is 10.7. The number of unbranched alkanes of at least 4 members (excludes halogenated alkanes) is 2. The molecule has 44 heavy (non-hydrogen) atoms. The number of hydrogen-bond acceptors (Lipinski definition) is 3. The fraction of sp³-hybridized carbons (Fsp3) is 0.756. The van der Waals surface area contributed by atoms with E-state index < -0.39 is 0 Å². The van der Waals surface area contributed by atoms with Gasteiger partial charge in [-0.05, 0) is 128 Å². The second-order valence-electron chi connectivity index (χ2n) is 16.3. The van der Waals surface area contributed by atoms with Gasteiger partial charge < -0.3 is 4.74 Å². The van der Waals surface area contributed by atoms with Crippen molar-refractivity contribution in [3.63, 3.8) is 0 Å². The summed E-state index contributed by atoms with van der Waals surface area (Å²) in [5, 5.41) is 0. The normalized spacial score (nSPS) is 34.5. The lowest BCUT2D eigenvalue weighted by molar-refractivity contribution is -0.135. The number of benzene rings is 1. The number of ketones is 1. The molecule has 0 aromatic heterocycles. The molecule has 9 atom stereocenters. The van der Waals surface area contributed by atoms with Crippen molar-refractivity contribution in [2.75, 3.05) is 0 Å². The number of hydrogen-bond donors (Lipinski definition) is 0. The van der Waals surface area contributed by atoms with Gasteiger partial charge in [-0.2, -0.15) is 0 Å². The average Bonchev–Trinajstić information content (AvgIpc) is 3.35. The largest absolute Gasteiger partial charge is 0.458 e. The van der Waals surface area contributed by atoms with Gasteiger partial charge in [0.1, 0.15) is 6.10 Å². The third kappa shape index (κ3) is 6.50. The quantitative estimate of drug-likeness (QED) is 0.177. The zero-order chi connectivity index (χ0) is 31.6. The molecule has 0 amide bonds. The Bertz CT molecular complexity index is 1180. The summed E-state index contributed by atoms with van der Waals surface area (Å²) in [6.45, 7) is 16.9. The maximum atomic E-state index is 14.0. The molecule has 244 valence electrons. The molecule has 5 rings (SSSR count). The first-order valence-corrected chi connectivity index (χ1v) is 18.6. The molecule has 0 radical (unpaired) electrons. The number of carbonyl (C=O) groups excluding carboxylic acids is 2. The van der Waals surface area contributed by atoms with Crippen LogP contribution in [0.3, 0.4) is 0 Å². The zero-order valence-corrected chi connectivity index (χ0v) is 29.1. The Labute approximate surface area is 269 Å². The summed E-state index contributed by atoms with van der Waals surface area (Å²) in [5.41, 5.74) is 3.52. The SMILES string of the molecule is CCCCCc1ccc(C(=O)OC2CC[C@@]3(C)C(=CC(=O)[C@H]4[C@@H]5CC[C@H]([C@H](C)CC[C@@H](CC)C(C)C)[C@@]5(C)CC[C@@H]43)C2)cc1. The highest BCUT2D eigenvalue weighted by Gasteiger charge is 2.61. The lowest BCUT2D eigenvalue weighted by Crippen LogP contribution is -2.53. The van der Waals surface area contributed by atoms with Crippen LogP contribution in [0.25, 0.3) is 0 Å². The smallest absolute Gasteiger partial charge is 0.338 e. The maximum absolute atomic E-state index is 14.0. The van der Waals surface area contributed by atoms with Crippen LogP contribution in [-0.4, -0.2) is 17.9 Å². The molecule has 1 aromatic carbocycles. The Balaban J connectivity index is 1.23. The number of allylic oxidation sites excluding steroid dienone is 1. The number of aryl methyl sites for hydroxylation is 1. The standard InChI is InChI=1S/C41H62O3/c1-8-10-11-12-29-14-17-31(18-15-29)39(43)44-33-21-23-40(6)32(25-33)26-37(42)38-35-20-19-34(41(35,7)24-22-36(38)40)28(5)13-16-30(9-2)27(3)4/h14-15,17-18,26-28,30,33-36,38H,8-13,16,19-25H2,1-7H3/t28-,30-,33?,34-,35+,36+,38+,40+,41-/m1/s1. The minimum absolute atomic E-state index is 0.0538. The number of fused-ring (bicyclic) bond motifs is 5. The Morgan fingerprint density at radius 1 is 0.932 bits per heavy atom. The number of carbonyl (C=O) groups is 2. The molecule has 0 saturated heterocycles. The van der Waals surface area contributed by atoms with Crippen molar-refractivity contribution in [2.45, 2.75) is 144 Å². The van der Waals surface area contributed by atoms with E-state index in [0.29, 0.717) is 29.6 Å². The van der Waals surface area contributed by atoms with E-state index in [0.717, 1.165) is 42.9 Å². The van der Waals surface area contributed by atoms with E-state index in [9.17, 15) is 9.59 Å². The number of rotatable bonds is 12. The highest BCUT2D eigenvalue weighted by molar-refractivity contribution is 5.94. The molecule has 3 nitrogen and oxygen atoms in total. The second kappa shape index (κ2) is 13.8. The Hall–Kier alpha value is -1.90. The van der Waals surface area contributed by atoms with Gasteiger partial charge in [0.25, 0.3) is 0 Å². The summed E-state index contributed by atoms with van der Waals surface area (Å²) in [6.07, 6.45) is 18.1. The van der Waals surface area contributed by atoms with E-state index in [-0.39, 0.29) is 28.8 Å². The molecule has 4 aliphatic rings. The molecular weight excluding hydrogens is 540 g/mol. The van der Waals surface area contributed by atoms with Gasteiger partial charge in [0, 0.05) is 12.3 Å². The molecule has 0 aliphatic heterocycles. The van der Waals surface area contributed by atoms with E-state index in [1.165, 1.54) is 75.3 Å². The van der Waals surface area contributed by atoms with Gasteiger partial charge in [-0.25, -0.2) is 4.79 Å². The van der Waals surface area contributed by atoms with E-state index in [4.69, 9.17) is 4.74 Å². The lowest BCUT2D eigenvalue weighted by atomic mass is 9.46. The van der Waals surface area contributed by atoms with Gasteiger partial charge in [-0.3, -0.25) is 4.79 Å². The molecule has 0 N–H and O–H groups in total. The number of esters is 1. The molecular formula is C41H62O3. The van der Waals surface area contributed by atoms with Gasteiger partial charge in [0.05, 0.1) is 5.56 Å². The molecule has 0 heterocycles. The van der Waals surface area contributed by atoms with Crippen LogP contribution in [0, 0.1) is 52.3 Å². The zero-order valence-electron chi connectivity index (χ0n) is 29.1. The van der Waals surface area contributed by atoms with E-state index >= 15 is 0 Å². The van der Waals surface area contributed by atoms with Crippen LogP contribution in [-0.2, 0) is 16.0 Å². The minimum Gasteiger partial charge on any atom is -0.458 e. The topological polar surface area (TPSA) is 43.4 Å². The van der Waals surface area contributed by atoms with Crippen LogP contribution >= 0.6 is 0 Å². The van der Waals surface area contributed by atoms with Crippen LogP contribution in [0.1, 0.15) is 148 Å². The van der Waals surface area contributed by atoms with Crippen LogP contribution in [0.5, 0.6) is 0 Å². The molecule has 1 aromatic rings.